The lowest BCUT2D eigenvalue weighted by Gasteiger charge is -2.27. The molecule has 0 aliphatic heterocycles. The number of carbonyl (C=O) groups excluding carboxylic acids is 1. The van der Waals surface area contributed by atoms with Gasteiger partial charge in [-0.1, -0.05) is 18.2 Å². The van der Waals surface area contributed by atoms with Crippen molar-refractivity contribution < 1.29 is 14.7 Å². The molecular formula is C15H22N2O3. The molecule has 0 radical (unpaired) electrons. The number of nitrogens with two attached hydrogens (primary N) is 1. The van der Waals surface area contributed by atoms with Gasteiger partial charge in [0, 0.05) is 18.2 Å². The molecule has 0 heterocycles. The summed E-state index contributed by atoms with van der Waals surface area (Å²) in [6.07, 6.45) is 0.579. The van der Waals surface area contributed by atoms with E-state index in [0.717, 1.165) is 5.56 Å². The highest BCUT2D eigenvalue weighted by Crippen LogP contribution is 2.14. The zero-order chi connectivity index (χ0) is 15.1. The van der Waals surface area contributed by atoms with Crippen LogP contribution in [0.15, 0.2) is 24.3 Å². The Balaban J connectivity index is 2.97. The molecule has 1 amide bonds. The van der Waals surface area contributed by atoms with Gasteiger partial charge in [-0.2, -0.15) is 0 Å². The minimum absolute atomic E-state index is 0.0483. The Kier molecular flexibility index (Phi) is 6.18. The van der Waals surface area contributed by atoms with Gasteiger partial charge in [0.15, 0.2) is 0 Å². The third kappa shape index (κ3) is 4.35. The number of hydrogen-bond donors (Lipinski definition) is 2. The van der Waals surface area contributed by atoms with Gasteiger partial charge >= 0.3 is 5.97 Å². The maximum atomic E-state index is 12.6. The fourth-order valence-corrected chi connectivity index (χ4v) is 2.07. The van der Waals surface area contributed by atoms with Gasteiger partial charge in [0.2, 0.25) is 0 Å². The average Bonchev–Trinajstić information content (AvgIpc) is 2.39. The van der Waals surface area contributed by atoms with Crippen LogP contribution in [0.3, 0.4) is 0 Å². The van der Waals surface area contributed by atoms with Gasteiger partial charge in [-0.3, -0.25) is 9.59 Å². The summed E-state index contributed by atoms with van der Waals surface area (Å²) in [5, 5.41) is 8.78. The third-order valence-electron chi connectivity index (χ3n) is 3.11. The number of amides is 1. The second-order valence-electron chi connectivity index (χ2n) is 4.93. The van der Waals surface area contributed by atoms with E-state index in [2.05, 4.69) is 0 Å². The second kappa shape index (κ2) is 7.65. The van der Waals surface area contributed by atoms with Crippen LogP contribution in [0.4, 0.5) is 0 Å². The topological polar surface area (TPSA) is 83.6 Å². The molecule has 0 fully saturated rings. The number of aliphatic carboxylic acids is 1. The van der Waals surface area contributed by atoms with Crippen molar-refractivity contribution in [3.8, 4) is 0 Å². The molecule has 0 aromatic heterocycles. The van der Waals surface area contributed by atoms with Gasteiger partial charge in [-0.05, 0) is 38.4 Å². The average molecular weight is 278 g/mol. The van der Waals surface area contributed by atoms with Crippen molar-refractivity contribution in [3.63, 3.8) is 0 Å². The third-order valence-corrected chi connectivity index (χ3v) is 3.11. The maximum absolute atomic E-state index is 12.6. The van der Waals surface area contributed by atoms with Gasteiger partial charge in [0.25, 0.3) is 5.91 Å². The Morgan fingerprint density at radius 2 is 1.95 bits per heavy atom. The van der Waals surface area contributed by atoms with Crippen LogP contribution in [0.1, 0.15) is 36.2 Å². The van der Waals surface area contributed by atoms with E-state index in [4.69, 9.17) is 10.8 Å². The van der Waals surface area contributed by atoms with Crippen molar-refractivity contribution >= 4 is 11.9 Å². The predicted molar refractivity (Wildman–Crippen MR) is 77.6 cm³/mol. The summed E-state index contributed by atoms with van der Waals surface area (Å²) in [6.45, 7) is 4.44. The van der Waals surface area contributed by atoms with Crippen molar-refractivity contribution in [2.75, 3.05) is 13.1 Å². The van der Waals surface area contributed by atoms with Gasteiger partial charge in [0.05, 0.1) is 6.42 Å². The minimum Gasteiger partial charge on any atom is -0.481 e. The van der Waals surface area contributed by atoms with Crippen LogP contribution in [-0.2, 0) is 11.2 Å². The summed E-state index contributed by atoms with van der Waals surface area (Å²) in [5.41, 5.74) is 7.07. The highest BCUT2D eigenvalue weighted by molar-refractivity contribution is 5.96. The Morgan fingerprint density at radius 1 is 1.30 bits per heavy atom. The molecule has 1 aromatic rings. The van der Waals surface area contributed by atoms with Crippen LogP contribution in [0.2, 0.25) is 0 Å². The summed E-state index contributed by atoms with van der Waals surface area (Å²) >= 11 is 0. The molecule has 3 N–H and O–H groups in total. The number of carboxylic acid groups (broad SMARTS) is 1. The number of rotatable bonds is 7. The molecule has 0 aliphatic carbocycles. The molecule has 5 heteroatoms. The summed E-state index contributed by atoms with van der Waals surface area (Å²) < 4.78 is 0. The molecule has 0 spiro atoms. The zero-order valence-electron chi connectivity index (χ0n) is 12.0. The van der Waals surface area contributed by atoms with E-state index in [9.17, 15) is 9.59 Å². The van der Waals surface area contributed by atoms with E-state index in [-0.39, 0.29) is 24.9 Å². The van der Waals surface area contributed by atoms with E-state index < -0.39 is 5.97 Å². The standard InChI is InChI=1S/C15H22N2O3/c1-11(2)17(10-8-14(18)19)15(20)13-6-4-3-5-12(13)7-9-16/h3-6,11H,7-10,16H2,1-2H3,(H,18,19). The molecule has 1 rings (SSSR count). The first-order valence-corrected chi connectivity index (χ1v) is 6.78. The number of hydrogen-bond acceptors (Lipinski definition) is 3. The van der Waals surface area contributed by atoms with Crippen molar-refractivity contribution in [3.05, 3.63) is 35.4 Å². The molecule has 110 valence electrons. The minimum atomic E-state index is -0.904. The molecule has 0 unspecified atom stereocenters. The van der Waals surface area contributed by atoms with E-state index in [1.165, 1.54) is 0 Å². The second-order valence-corrected chi connectivity index (χ2v) is 4.93. The highest BCUT2D eigenvalue weighted by atomic mass is 16.4. The van der Waals surface area contributed by atoms with Crippen molar-refractivity contribution in [1.82, 2.24) is 4.90 Å². The van der Waals surface area contributed by atoms with Crippen molar-refractivity contribution in [2.24, 2.45) is 5.73 Å². The van der Waals surface area contributed by atoms with Gasteiger partial charge in [-0.15, -0.1) is 0 Å². The zero-order valence-corrected chi connectivity index (χ0v) is 12.0. The Bertz CT molecular complexity index is 472. The summed E-state index contributed by atoms with van der Waals surface area (Å²) in [4.78, 5) is 24.9. The molecule has 0 saturated heterocycles. The van der Waals surface area contributed by atoms with Gasteiger partial charge in [0.1, 0.15) is 0 Å². The number of nitrogens with zero attached hydrogens (tertiary/aromatic N) is 1. The first-order chi connectivity index (χ1) is 9.47. The van der Waals surface area contributed by atoms with Crippen LogP contribution < -0.4 is 5.73 Å². The molecule has 20 heavy (non-hydrogen) atoms. The number of carboxylic acids is 1. The lowest BCUT2D eigenvalue weighted by molar-refractivity contribution is -0.137. The predicted octanol–water partition coefficient (Wildman–Crippen LogP) is 1.51. The van der Waals surface area contributed by atoms with Crippen LogP contribution in [0, 0.1) is 0 Å². The lowest BCUT2D eigenvalue weighted by atomic mass is 10.0. The highest BCUT2D eigenvalue weighted by Gasteiger charge is 2.21. The van der Waals surface area contributed by atoms with E-state index in [1.807, 2.05) is 32.0 Å². The summed E-state index contributed by atoms with van der Waals surface area (Å²) in [6, 6.07) is 7.29. The monoisotopic (exact) mass is 278 g/mol. The van der Waals surface area contributed by atoms with Crippen LogP contribution in [-0.4, -0.2) is 41.0 Å². The van der Waals surface area contributed by atoms with E-state index in [1.54, 1.807) is 11.0 Å². The van der Waals surface area contributed by atoms with E-state index in [0.29, 0.717) is 18.5 Å². The fraction of sp³-hybridized carbons (Fsp3) is 0.467. The smallest absolute Gasteiger partial charge is 0.305 e. The molecule has 0 saturated carbocycles. The van der Waals surface area contributed by atoms with Gasteiger partial charge in [-0.25, -0.2) is 0 Å². The number of carbonyl (C=O) groups is 2. The normalized spacial score (nSPS) is 10.6. The van der Waals surface area contributed by atoms with Crippen molar-refractivity contribution in [2.45, 2.75) is 32.7 Å². The maximum Gasteiger partial charge on any atom is 0.305 e. The first kappa shape index (κ1) is 16.2. The first-order valence-electron chi connectivity index (χ1n) is 6.78. The van der Waals surface area contributed by atoms with Crippen LogP contribution >= 0.6 is 0 Å². The number of benzene rings is 1. The Labute approximate surface area is 119 Å². The van der Waals surface area contributed by atoms with Crippen molar-refractivity contribution in [1.29, 1.82) is 0 Å². The van der Waals surface area contributed by atoms with Crippen LogP contribution in [0.25, 0.3) is 0 Å². The quantitative estimate of drug-likeness (QED) is 0.792. The molecule has 0 aliphatic rings. The summed E-state index contributed by atoms with van der Waals surface area (Å²) in [5.74, 6) is -1.04. The fourth-order valence-electron chi connectivity index (χ4n) is 2.07. The SMILES string of the molecule is CC(C)N(CCC(=O)O)C(=O)c1ccccc1CCN. The van der Waals surface area contributed by atoms with Gasteiger partial charge < -0.3 is 15.7 Å². The van der Waals surface area contributed by atoms with Crippen LogP contribution in [0.5, 0.6) is 0 Å². The Morgan fingerprint density at radius 3 is 2.50 bits per heavy atom. The molecule has 1 aromatic carbocycles. The molecule has 5 nitrogen and oxygen atoms in total. The van der Waals surface area contributed by atoms with E-state index >= 15 is 0 Å². The summed E-state index contributed by atoms with van der Waals surface area (Å²) in [7, 11) is 0. The molecular weight excluding hydrogens is 256 g/mol. The largest absolute Gasteiger partial charge is 0.481 e. The Hall–Kier alpha value is -1.88. The molecule has 0 bridgehead atoms. The molecule has 0 atom stereocenters. The lowest BCUT2D eigenvalue weighted by Crippen LogP contribution is -2.39.